The lowest BCUT2D eigenvalue weighted by molar-refractivity contribution is -0.134. The van der Waals surface area contributed by atoms with Gasteiger partial charge in [0, 0.05) is 31.4 Å². The molecule has 1 N–H and O–H groups in total. The third-order valence-electron chi connectivity index (χ3n) is 5.13. The first-order chi connectivity index (χ1) is 14.7. The van der Waals surface area contributed by atoms with Crippen LogP contribution in [0, 0.1) is 6.92 Å². The topological polar surface area (TPSA) is 80.2 Å². The Hall–Kier alpha value is -3.48. The molecule has 1 aromatic carbocycles. The molecule has 4 rings (SSSR count). The van der Waals surface area contributed by atoms with Crippen molar-refractivity contribution in [2.45, 2.75) is 25.7 Å². The van der Waals surface area contributed by atoms with Crippen molar-refractivity contribution in [3.05, 3.63) is 72.2 Å². The van der Waals surface area contributed by atoms with E-state index < -0.39 is 0 Å². The zero-order valence-electron chi connectivity index (χ0n) is 17.0. The smallest absolute Gasteiger partial charge is 0.260 e. The second-order valence-electron chi connectivity index (χ2n) is 7.43. The Morgan fingerprint density at radius 2 is 2.03 bits per heavy atom. The molecule has 0 bridgehead atoms. The molecule has 1 aliphatic rings. The number of hydrogen-bond acceptors (Lipinski definition) is 6. The first kappa shape index (κ1) is 19.8. The number of aryl methyl sites for hydroxylation is 1. The summed E-state index contributed by atoms with van der Waals surface area (Å²) in [5.41, 5.74) is 2.03. The number of nitrogens with zero attached hydrogens (tertiary/aromatic N) is 4. The Kier molecular flexibility index (Phi) is 6.17. The van der Waals surface area contributed by atoms with Gasteiger partial charge in [0.05, 0.1) is 5.69 Å². The van der Waals surface area contributed by atoms with E-state index >= 15 is 0 Å². The molecule has 0 saturated carbocycles. The van der Waals surface area contributed by atoms with E-state index in [1.54, 1.807) is 12.4 Å². The van der Waals surface area contributed by atoms with Crippen LogP contribution in [0.25, 0.3) is 0 Å². The average Bonchev–Trinajstić information content (AvgIpc) is 2.80. The summed E-state index contributed by atoms with van der Waals surface area (Å²) in [6.07, 6.45) is 5.48. The van der Waals surface area contributed by atoms with Crippen LogP contribution in [0.15, 0.2) is 60.9 Å². The van der Waals surface area contributed by atoms with Crippen LogP contribution in [0.4, 0.5) is 11.8 Å². The molecule has 7 nitrogen and oxygen atoms in total. The summed E-state index contributed by atoms with van der Waals surface area (Å²) in [6, 6.07) is 15.2. The minimum atomic E-state index is -0.000173. The van der Waals surface area contributed by atoms with E-state index in [2.05, 4.69) is 20.3 Å². The molecule has 0 radical (unpaired) electrons. The van der Waals surface area contributed by atoms with Gasteiger partial charge in [0.15, 0.2) is 6.61 Å². The van der Waals surface area contributed by atoms with Crippen molar-refractivity contribution >= 4 is 17.7 Å². The molecule has 2 aromatic heterocycles. The largest absolute Gasteiger partial charge is 0.484 e. The molecular formula is C23H25N5O2. The van der Waals surface area contributed by atoms with Gasteiger partial charge in [0.25, 0.3) is 5.91 Å². The van der Waals surface area contributed by atoms with Gasteiger partial charge in [0.1, 0.15) is 11.6 Å². The maximum absolute atomic E-state index is 12.6. The maximum atomic E-state index is 12.6. The number of ether oxygens (including phenoxy) is 1. The molecular weight excluding hydrogens is 378 g/mol. The lowest BCUT2D eigenvalue weighted by Crippen LogP contribution is -2.41. The van der Waals surface area contributed by atoms with Gasteiger partial charge in [-0.05, 0) is 49.6 Å². The summed E-state index contributed by atoms with van der Waals surface area (Å²) >= 11 is 0. The van der Waals surface area contributed by atoms with Gasteiger partial charge in [0.2, 0.25) is 5.95 Å². The number of nitrogens with one attached hydrogen (secondary N) is 1. The summed E-state index contributed by atoms with van der Waals surface area (Å²) in [5.74, 6) is 2.10. The van der Waals surface area contributed by atoms with Crippen LogP contribution in [0.2, 0.25) is 0 Å². The van der Waals surface area contributed by atoms with E-state index in [4.69, 9.17) is 4.74 Å². The summed E-state index contributed by atoms with van der Waals surface area (Å²) in [4.78, 5) is 27.8. The fraction of sp³-hybridized carbons (Fsp3) is 0.304. The molecule has 1 saturated heterocycles. The van der Waals surface area contributed by atoms with Crippen molar-refractivity contribution in [1.29, 1.82) is 0 Å². The molecule has 7 heteroatoms. The van der Waals surface area contributed by atoms with Crippen molar-refractivity contribution in [1.82, 2.24) is 19.9 Å². The Bertz CT molecular complexity index is 978. The normalized spacial score (nSPS) is 16.2. The number of piperidine rings is 1. The fourth-order valence-electron chi connectivity index (χ4n) is 3.51. The van der Waals surface area contributed by atoms with Gasteiger partial charge in [-0.25, -0.2) is 15.0 Å². The molecule has 3 aromatic rings. The van der Waals surface area contributed by atoms with Crippen LogP contribution in [-0.4, -0.2) is 45.5 Å². The van der Waals surface area contributed by atoms with Crippen LogP contribution >= 0.6 is 0 Å². The molecule has 1 fully saturated rings. The van der Waals surface area contributed by atoms with E-state index in [-0.39, 0.29) is 18.4 Å². The summed E-state index contributed by atoms with van der Waals surface area (Å²) in [7, 11) is 0. The number of amides is 1. The lowest BCUT2D eigenvalue weighted by Gasteiger charge is -2.32. The number of para-hydroxylation sites is 1. The predicted octanol–water partition coefficient (Wildman–Crippen LogP) is 3.71. The summed E-state index contributed by atoms with van der Waals surface area (Å²) in [5, 5.41) is 3.15. The average molecular weight is 403 g/mol. The Morgan fingerprint density at radius 3 is 2.83 bits per heavy atom. The third kappa shape index (κ3) is 5.11. The highest BCUT2D eigenvalue weighted by molar-refractivity contribution is 5.78. The third-order valence-corrected chi connectivity index (χ3v) is 5.13. The van der Waals surface area contributed by atoms with Gasteiger partial charge < -0.3 is 15.0 Å². The van der Waals surface area contributed by atoms with Crippen LogP contribution < -0.4 is 10.1 Å². The maximum Gasteiger partial charge on any atom is 0.260 e. The number of carbonyl (C=O) groups excluding carboxylic acids is 1. The lowest BCUT2D eigenvalue weighted by atomic mass is 9.94. The Balaban J connectivity index is 1.38. The molecule has 1 unspecified atom stereocenters. The molecule has 0 aliphatic carbocycles. The van der Waals surface area contributed by atoms with E-state index in [1.807, 2.05) is 60.4 Å². The highest BCUT2D eigenvalue weighted by atomic mass is 16.5. The van der Waals surface area contributed by atoms with Crippen LogP contribution in [0.1, 0.15) is 30.0 Å². The SMILES string of the molecule is Cc1ccc(Nc2nccc(C3CCCN(C(=O)COc4ccccc4)C3)n2)nc1. The molecule has 3 heterocycles. The number of carbonyl (C=O) groups is 1. The van der Waals surface area contributed by atoms with Crippen LogP contribution in [0.3, 0.4) is 0 Å². The van der Waals surface area contributed by atoms with E-state index in [1.165, 1.54) is 0 Å². The van der Waals surface area contributed by atoms with E-state index in [0.29, 0.717) is 24.1 Å². The highest BCUT2D eigenvalue weighted by Gasteiger charge is 2.26. The molecule has 154 valence electrons. The number of likely N-dealkylation sites (tertiary alicyclic amines) is 1. The van der Waals surface area contributed by atoms with Gasteiger partial charge in [-0.15, -0.1) is 0 Å². The molecule has 0 spiro atoms. The Morgan fingerprint density at radius 1 is 1.17 bits per heavy atom. The van der Waals surface area contributed by atoms with Crippen molar-refractivity contribution in [2.24, 2.45) is 0 Å². The molecule has 1 amide bonds. The van der Waals surface area contributed by atoms with E-state index in [9.17, 15) is 4.79 Å². The second kappa shape index (κ2) is 9.35. The number of rotatable bonds is 6. The monoisotopic (exact) mass is 403 g/mol. The van der Waals surface area contributed by atoms with Gasteiger partial charge in [-0.1, -0.05) is 24.3 Å². The first-order valence-electron chi connectivity index (χ1n) is 10.2. The van der Waals surface area contributed by atoms with Crippen molar-refractivity contribution in [2.75, 3.05) is 25.0 Å². The highest BCUT2D eigenvalue weighted by Crippen LogP contribution is 2.26. The van der Waals surface area contributed by atoms with Crippen molar-refractivity contribution in [3.8, 4) is 5.75 Å². The number of pyridine rings is 1. The first-order valence-corrected chi connectivity index (χ1v) is 10.2. The van der Waals surface area contributed by atoms with Gasteiger partial charge in [-0.2, -0.15) is 0 Å². The van der Waals surface area contributed by atoms with Gasteiger partial charge >= 0.3 is 0 Å². The number of benzene rings is 1. The molecule has 30 heavy (non-hydrogen) atoms. The standard InChI is InChI=1S/C23H25N5O2/c1-17-9-10-21(25-14-17)27-23-24-12-11-20(26-23)18-6-5-13-28(15-18)22(29)16-30-19-7-3-2-4-8-19/h2-4,7-12,14,18H,5-6,13,15-16H2,1H3,(H,24,25,26,27). The molecule has 1 atom stereocenters. The number of hydrogen-bond donors (Lipinski definition) is 1. The van der Waals surface area contributed by atoms with Crippen molar-refractivity contribution in [3.63, 3.8) is 0 Å². The summed E-state index contributed by atoms with van der Waals surface area (Å²) in [6.45, 7) is 3.43. The molecule has 1 aliphatic heterocycles. The zero-order valence-corrected chi connectivity index (χ0v) is 17.0. The van der Waals surface area contributed by atoms with Gasteiger partial charge in [-0.3, -0.25) is 4.79 Å². The predicted molar refractivity (Wildman–Crippen MR) is 115 cm³/mol. The second-order valence-corrected chi connectivity index (χ2v) is 7.43. The minimum absolute atomic E-state index is 0.000173. The fourth-order valence-corrected chi connectivity index (χ4v) is 3.51. The van der Waals surface area contributed by atoms with Crippen molar-refractivity contribution < 1.29 is 9.53 Å². The Labute approximate surface area is 176 Å². The number of aromatic nitrogens is 3. The minimum Gasteiger partial charge on any atom is -0.484 e. The van der Waals surface area contributed by atoms with Crippen LogP contribution in [0.5, 0.6) is 5.75 Å². The van der Waals surface area contributed by atoms with Crippen LogP contribution in [-0.2, 0) is 4.79 Å². The summed E-state index contributed by atoms with van der Waals surface area (Å²) < 4.78 is 5.62. The number of anilines is 2. The zero-order chi connectivity index (χ0) is 20.8. The van der Waals surface area contributed by atoms with E-state index in [0.717, 1.165) is 30.6 Å². The quantitative estimate of drug-likeness (QED) is 0.676.